The summed E-state index contributed by atoms with van der Waals surface area (Å²) in [5, 5.41) is 12.2. The summed E-state index contributed by atoms with van der Waals surface area (Å²) in [6.45, 7) is 1.29. The second-order valence-corrected chi connectivity index (χ2v) is 6.23. The number of amides is 2. The van der Waals surface area contributed by atoms with Crippen molar-refractivity contribution in [3.8, 4) is 5.75 Å². The van der Waals surface area contributed by atoms with Gasteiger partial charge in [-0.25, -0.2) is 0 Å². The molecule has 1 saturated heterocycles. The minimum Gasteiger partial charge on any atom is -0.508 e. The Morgan fingerprint density at radius 2 is 1.96 bits per heavy atom. The van der Waals surface area contributed by atoms with Crippen molar-refractivity contribution in [2.75, 3.05) is 18.0 Å². The maximum Gasteiger partial charge on any atom is 0.251 e. The number of hydrogen-bond acceptors (Lipinski definition) is 3. The Morgan fingerprint density at radius 3 is 2.68 bits per heavy atom. The largest absolute Gasteiger partial charge is 0.508 e. The molecule has 2 amide bonds. The normalized spacial score (nSPS) is 13.9. The lowest BCUT2D eigenvalue weighted by atomic mass is 10.1. The van der Waals surface area contributed by atoms with Crippen LogP contribution in [-0.2, 0) is 11.2 Å². The lowest BCUT2D eigenvalue weighted by molar-refractivity contribution is -0.117. The van der Waals surface area contributed by atoms with E-state index in [9.17, 15) is 14.7 Å². The van der Waals surface area contributed by atoms with E-state index in [0.29, 0.717) is 18.5 Å². The molecule has 0 aliphatic carbocycles. The van der Waals surface area contributed by atoms with Crippen LogP contribution in [0, 0.1) is 0 Å². The number of phenolic OH excluding ortho intramolecular Hbond substituents is 1. The van der Waals surface area contributed by atoms with Crippen molar-refractivity contribution in [3.63, 3.8) is 0 Å². The maximum absolute atomic E-state index is 12.3. The first-order chi connectivity index (χ1) is 12.1. The van der Waals surface area contributed by atoms with Gasteiger partial charge in [-0.3, -0.25) is 9.59 Å². The van der Waals surface area contributed by atoms with Crippen molar-refractivity contribution < 1.29 is 14.7 Å². The number of rotatable bonds is 6. The molecule has 5 nitrogen and oxygen atoms in total. The number of nitrogens with one attached hydrogen (secondary N) is 1. The molecular weight excluding hydrogens is 316 g/mol. The van der Waals surface area contributed by atoms with Gasteiger partial charge in [0.15, 0.2) is 0 Å². The first-order valence-electron chi connectivity index (χ1n) is 8.60. The SMILES string of the molecule is O=C(NCCCc1ccc(O)cc1)c1cccc(N2CCCC2=O)c1. The standard InChI is InChI=1S/C20H22N2O3/c23-18-10-8-15(9-11-18)4-2-12-21-20(25)16-5-1-6-17(14-16)22-13-3-7-19(22)24/h1,5-6,8-11,14,23H,2-4,7,12-13H2,(H,21,25). The second kappa shape index (κ2) is 7.83. The predicted molar refractivity (Wildman–Crippen MR) is 96.8 cm³/mol. The Hall–Kier alpha value is -2.82. The van der Waals surface area contributed by atoms with Crippen molar-refractivity contribution in [1.82, 2.24) is 5.32 Å². The van der Waals surface area contributed by atoms with Crippen LogP contribution in [0.25, 0.3) is 0 Å². The number of phenols is 1. The summed E-state index contributed by atoms with van der Waals surface area (Å²) in [5.41, 5.74) is 2.49. The van der Waals surface area contributed by atoms with Crippen LogP contribution in [0.15, 0.2) is 48.5 Å². The third kappa shape index (κ3) is 4.38. The average Bonchev–Trinajstić information content (AvgIpc) is 3.06. The van der Waals surface area contributed by atoms with Gasteiger partial charge < -0.3 is 15.3 Å². The zero-order valence-corrected chi connectivity index (χ0v) is 14.1. The van der Waals surface area contributed by atoms with Crippen molar-refractivity contribution in [1.29, 1.82) is 0 Å². The van der Waals surface area contributed by atoms with E-state index in [1.54, 1.807) is 29.2 Å². The van der Waals surface area contributed by atoms with Gasteiger partial charge in [0.1, 0.15) is 5.75 Å². The minimum absolute atomic E-state index is 0.117. The van der Waals surface area contributed by atoms with Crippen LogP contribution in [0.3, 0.4) is 0 Å². The maximum atomic E-state index is 12.3. The van der Waals surface area contributed by atoms with Crippen molar-refractivity contribution >= 4 is 17.5 Å². The fourth-order valence-corrected chi connectivity index (χ4v) is 3.00. The third-order valence-corrected chi connectivity index (χ3v) is 4.36. The van der Waals surface area contributed by atoms with Gasteiger partial charge in [0.2, 0.25) is 5.91 Å². The molecule has 1 heterocycles. The van der Waals surface area contributed by atoms with Crippen LogP contribution in [0.1, 0.15) is 35.2 Å². The first-order valence-corrected chi connectivity index (χ1v) is 8.60. The van der Waals surface area contributed by atoms with E-state index in [0.717, 1.165) is 37.1 Å². The number of aromatic hydroxyl groups is 1. The Kier molecular flexibility index (Phi) is 5.33. The monoisotopic (exact) mass is 338 g/mol. The summed E-state index contributed by atoms with van der Waals surface area (Å²) in [7, 11) is 0. The Bertz CT molecular complexity index is 756. The molecule has 0 saturated carbocycles. The van der Waals surface area contributed by atoms with Gasteiger partial charge in [0, 0.05) is 30.8 Å². The highest BCUT2D eigenvalue weighted by molar-refractivity contribution is 5.99. The van der Waals surface area contributed by atoms with Gasteiger partial charge in [-0.05, 0) is 55.2 Å². The van der Waals surface area contributed by atoms with Gasteiger partial charge in [0.05, 0.1) is 0 Å². The molecule has 0 aromatic heterocycles. The van der Waals surface area contributed by atoms with Crippen molar-refractivity contribution in [3.05, 3.63) is 59.7 Å². The fourth-order valence-electron chi connectivity index (χ4n) is 3.00. The van der Waals surface area contributed by atoms with Crippen LogP contribution >= 0.6 is 0 Å². The molecule has 25 heavy (non-hydrogen) atoms. The molecule has 0 spiro atoms. The van der Waals surface area contributed by atoms with Crippen molar-refractivity contribution in [2.24, 2.45) is 0 Å². The Balaban J connectivity index is 1.51. The molecule has 0 atom stereocenters. The van der Waals surface area contributed by atoms with E-state index < -0.39 is 0 Å². The molecule has 1 fully saturated rings. The lowest BCUT2D eigenvalue weighted by Gasteiger charge is -2.16. The van der Waals surface area contributed by atoms with E-state index >= 15 is 0 Å². The van der Waals surface area contributed by atoms with Crippen molar-refractivity contribution in [2.45, 2.75) is 25.7 Å². The van der Waals surface area contributed by atoms with Crippen LogP contribution in [-0.4, -0.2) is 30.0 Å². The number of carbonyl (C=O) groups excluding carboxylic acids is 2. The summed E-state index contributed by atoms with van der Waals surface area (Å²) in [4.78, 5) is 25.9. The summed E-state index contributed by atoms with van der Waals surface area (Å²) in [6, 6.07) is 14.3. The van der Waals surface area contributed by atoms with Crippen LogP contribution in [0.4, 0.5) is 5.69 Å². The topological polar surface area (TPSA) is 69.6 Å². The summed E-state index contributed by atoms with van der Waals surface area (Å²) in [5.74, 6) is 0.249. The van der Waals surface area contributed by atoms with Gasteiger partial charge in [-0.2, -0.15) is 0 Å². The highest BCUT2D eigenvalue weighted by Crippen LogP contribution is 2.22. The van der Waals surface area contributed by atoms with Crippen LogP contribution < -0.4 is 10.2 Å². The molecule has 2 N–H and O–H groups in total. The minimum atomic E-state index is -0.126. The number of nitrogens with zero attached hydrogens (tertiary/aromatic N) is 1. The molecular formula is C20H22N2O3. The number of anilines is 1. The van der Waals surface area contributed by atoms with Gasteiger partial charge in [-0.1, -0.05) is 18.2 Å². The third-order valence-electron chi connectivity index (χ3n) is 4.36. The fraction of sp³-hybridized carbons (Fsp3) is 0.300. The Morgan fingerprint density at radius 1 is 1.16 bits per heavy atom. The molecule has 130 valence electrons. The summed E-state index contributed by atoms with van der Waals surface area (Å²) < 4.78 is 0. The first kappa shape index (κ1) is 17.0. The average molecular weight is 338 g/mol. The van der Waals surface area contributed by atoms with Crippen LogP contribution in [0.5, 0.6) is 5.75 Å². The van der Waals surface area contributed by atoms with E-state index in [4.69, 9.17) is 0 Å². The summed E-state index contributed by atoms with van der Waals surface area (Å²) in [6.07, 6.45) is 3.10. The van der Waals surface area contributed by atoms with E-state index in [2.05, 4.69) is 5.32 Å². The van der Waals surface area contributed by atoms with Gasteiger partial charge in [-0.15, -0.1) is 0 Å². The molecule has 2 aromatic carbocycles. The van der Waals surface area contributed by atoms with E-state index in [-0.39, 0.29) is 17.6 Å². The van der Waals surface area contributed by atoms with E-state index in [1.165, 1.54) is 0 Å². The number of benzene rings is 2. The van der Waals surface area contributed by atoms with E-state index in [1.807, 2.05) is 24.3 Å². The molecule has 1 aliphatic heterocycles. The predicted octanol–water partition coefficient (Wildman–Crippen LogP) is 2.88. The quantitative estimate of drug-likeness (QED) is 0.796. The summed E-state index contributed by atoms with van der Waals surface area (Å²) >= 11 is 0. The highest BCUT2D eigenvalue weighted by Gasteiger charge is 2.22. The van der Waals surface area contributed by atoms with Crippen LogP contribution in [0.2, 0.25) is 0 Å². The molecule has 0 unspecified atom stereocenters. The molecule has 5 heteroatoms. The van der Waals surface area contributed by atoms with Gasteiger partial charge in [0.25, 0.3) is 5.91 Å². The second-order valence-electron chi connectivity index (χ2n) is 6.23. The number of carbonyl (C=O) groups is 2. The molecule has 0 bridgehead atoms. The number of aryl methyl sites for hydroxylation is 1. The molecule has 3 rings (SSSR count). The zero-order valence-electron chi connectivity index (χ0n) is 14.1. The molecule has 1 aliphatic rings. The number of hydrogen-bond donors (Lipinski definition) is 2. The Labute approximate surface area is 147 Å². The smallest absolute Gasteiger partial charge is 0.251 e. The highest BCUT2D eigenvalue weighted by atomic mass is 16.3. The molecule has 2 aromatic rings. The molecule has 0 radical (unpaired) electrons. The zero-order chi connectivity index (χ0) is 17.6. The van der Waals surface area contributed by atoms with Gasteiger partial charge >= 0.3 is 0 Å². The lowest BCUT2D eigenvalue weighted by Crippen LogP contribution is -2.26.